The highest BCUT2D eigenvalue weighted by Crippen LogP contribution is 2.22. The van der Waals surface area contributed by atoms with Gasteiger partial charge in [0, 0.05) is 19.1 Å². The second kappa shape index (κ2) is 6.59. The molecule has 0 bridgehead atoms. The van der Waals surface area contributed by atoms with Crippen molar-refractivity contribution in [2.24, 2.45) is 5.92 Å². The van der Waals surface area contributed by atoms with Crippen LogP contribution < -0.4 is 10.1 Å². The fourth-order valence-corrected chi connectivity index (χ4v) is 3.11. The lowest BCUT2D eigenvalue weighted by Crippen LogP contribution is -2.39. The summed E-state index contributed by atoms with van der Waals surface area (Å²) in [5.41, 5.74) is 1.36. The molecule has 110 valence electrons. The predicted octanol–water partition coefficient (Wildman–Crippen LogP) is 2.66. The van der Waals surface area contributed by atoms with Crippen LogP contribution >= 0.6 is 0 Å². The third-order valence-electron chi connectivity index (χ3n) is 4.42. The van der Waals surface area contributed by atoms with Crippen LogP contribution in [0.15, 0.2) is 24.3 Å². The molecule has 1 aliphatic carbocycles. The lowest BCUT2D eigenvalue weighted by Gasteiger charge is -2.33. The van der Waals surface area contributed by atoms with Gasteiger partial charge in [-0.2, -0.15) is 0 Å². The van der Waals surface area contributed by atoms with Gasteiger partial charge in [-0.3, -0.25) is 4.90 Å². The lowest BCUT2D eigenvalue weighted by atomic mass is 9.97. The van der Waals surface area contributed by atoms with E-state index in [9.17, 15) is 0 Å². The summed E-state index contributed by atoms with van der Waals surface area (Å²) >= 11 is 0. The van der Waals surface area contributed by atoms with Gasteiger partial charge in [-0.25, -0.2) is 0 Å². The van der Waals surface area contributed by atoms with E-state index in [1.165, 1.54) is 50.9 Å². The summed E-state index contributed by atoms with van der Waals surface area (Å²) < 4.78 is 5.31. The van der Waals surface area contributed by atoms with Gasteiger partial charge in [0.2, 0.25) is 0 Å². The maximum absolute atomic E-state index is 5.31. The molecule has 0 spiro atoms. The number of nitrogens with zero attached hydrogens (tertiary/aromatic N) is 1. The summed E-state index contributed by atoms with van der Waals surface area (Å²) in [4.78, 5) is 2.59. The highest BCUT2D eigenvalue weighted by molar-refractivity contribution is 5.28. The molecule has 1 heterocycles. The number of hydrogen-bond donors (Lipinski definition) is 1. The first kappa shape index (κ1) is 13.9. The second-order valence-corrected chi connectivity index (χ2v) is 6.28. The average Bonchev–Trinajstić information content (AvgIpc) is 3.30. The van der Waals surface area contributed by atoms with Gasteiger partial charge in [-0.15, -0.1) is 0 Å². The Hall–Kier alpha value is -1.06. The van der Waals surface area contributed by atoms with E-state index in [0.717, 1.165) is 24.3 Å². The zero-order valence-corrected chi connectivity index (χ0v) is 12.5. The molecular formula is C17H26N2O. The fourth-order valence-electron chi connectivity index (χ4n) is 3.11. The molecule has 3 heteroatoms. The first-order chi connectivity index (χ1) is 9.83. The van der Waals surface area contributed by atoms with Crippen LogP contribution in [-0.2, 0) is 6.54 Å². The summed E-state index contributed by atoms with van der Waals surface area (Å²) in [5, 5.41) is 3.68. The Morgan fingerprint density at radius 2 is 2.20 bits per heavy atom. The number of nitrogens with one attached hydrogen (secondary N) is 1. The van der Waals surface area contributed by atoms with Crippen molar-refractivity contribution < 1.29 is 4.74 Å². The van der Waals surface area contributed by atoms with E-state index in [4.69, 9.17) is 4.74 Å². The van der Waals surface area contributed by atoms with Gasteiger partial charge in [0.1, 0.15) is 5.75 Å². The van der Waals surface area contributed by atoms with E-state index in [-0.39, 0.29) is 0 Å². The van der Waals surface area contributed by atoms with Crippen molar-refractivity contribution >= 4 is 0 Å². The van der Waals surface area contributed by atoms with Crippen molar-refractivity contribution in [2.75, 3.05) is 26.7 Å². The van der Waals surface area contributed by atoms with Gasteiger partial charge in [-0.1, -0.05) is 12.1 Å². The topological polar surface area (TPSA) is 24.5 Å². The van der Waals surface area contributed by atoms with Gasteiger partial charge >= 0.3 is 0 Å². The van der Waals surface area contributed by atoms with E-state index in [1.54, 1.807) is 7.11 Å². The Kier molecular flexibility index (Phi) is 4.58. The van der Waals surface area contributed by atoms with Gasteiger partial charge in [0.25, 0.3) is 0 Å². The molecule has 2 fully saturated rings. The SMILES string of the molecule is COc1cccc(CN2CCCC(CNC3CC3)C2)c1. The van der Waals surface area contributed by atoms with Crippen molar-refractivity contribution in [1.82, 2.24) is 10.2 Å². The van der Waals surface area contributed by atoms with Crippen LogP contribution in [0, 0.1) is 5.92 Å². The molecule has 1 atom stereocenters. The summed E-state index contributed by atoms with van der Waals surface area (Å²) in [7, 11) is 1.74. The van der Waals surface area contributed by atoms with Crippen LogP contribution in [0.2, 0.25) is 0 Å². The van der Waals surface area contributed by atoms with E-state index >= 15 is 0 Å². The molecule has 0 amide bonds. The molecular weight excluding hydrogens is 248 g/mol. The minimum atomic E-state index is 0.829. The lowest BCUT2D eigenvalue weighted by molar-refractivity contribution is 0.165. The molecule has 1 N–H and O–H groups in total. The third kappa shape index (κ3) is 3.97. The molecule has 1 saturated carbocycles. The Balaban J connectivity index is 1.50. The first-order valence-electron chi connectivity index (χ1n) is 7.92. The number of piperidine rings is 1. The molecule has 1 aliphatic heterocycles. The molecule has 1 saturated heterocycles. The van der Waals surface area contributed by atoms with Crippen LogP contribution in [0.25, 0.3) is 0 Å². The smallest absolute Gasteiger partial charge is 0.119 e. The normalized spacial score (nSPS) is 23.8. The monoisotopic (exact) mass is 274 g/mol. The van der Waals surface area contributed by atoms with Crippen molar-refractivity contribution in [3.63, 3.8) is 0 Å². The van der Waals surface area contributed by atoms with Gasteiger partial charge in [0.05, 0.1) is 7.11 Å². The predicted molar refractivity (Wildman–Crippen MR) is 82.0 cm³/mol. The highest BCUT2D eigenvalue weighted by atomic mass is 16.5. The summed E-state index contributed by atoms with van der Waals surface area (Å²) in [6.07, 6.45) is 5.50. The maximum atomic E-state index is 5.31. The molecule has 0 aromatic heterocycles. The Morgan fingerprint density at radius 3 is 3.00 bits per heavy atom. The number of benzene rings is 1. The van der Waals surface area contributed by atoms with E-state index in [2.05, 4.69) is 28.4 Å². The molecule has 20 heavy (non-hydrogen) atoms. The molecule has 1 unspecified atom stereocenters. The van der Waals surface area contributed by atoms with Gasteiger partial charge in [-0.05, 0) is 62.4 Å². The average molecular weight is 274 g/mol. The highest BCUT2D eigenvalue weighted by Gasteiger charge is 2.24. The summed E-state index contributed by atoms with van der Waals surface area (Å²) in [5.74, 6) is 1.79. The number of ether oxygens (including phenoxy) is 1. The van der Waals surface area contributed by atoms with Crippen molar-refractivity contribution in [1.29, 1.82) is 0 Å². The van der Waals surface area contributed by atoms with Gasteiger partial charge < -0.3 is 10.1 Å². The van der Waals surface area contributed by atoms with Crippen LogP contribution in [0.3, 0.4) is 0 Å². The van der Waals surface area contributed by atoms with Crippen LogP contribution in [0.1, 0.15) is 31.2 Å². The molecule has 2 aliphatic rings. The Labute approximate surface area is 122 Å². The third-order valence-corrected chi connectivity index (χ3v) is 4.42. The molecule has 3 rings (SSSR count). The number of rotatable bonds is 6. The largest absolute Gasteiger partial charge is 0.497 e. The zero-order valence-electron chi connectivity index (χ0n) is 12.5. The molecule has 0 radical (unpaired) electrons. The Bertz CT molecular complexity index is 431. The quantitative estimate of drug-likeness (QED) is 0.863. The van der Waals surface area contributed by atoms with Crippen molar-refractivity contribution in [3.05, 3.63) is 29.8 Å². The number of likely N-dealkylation sites (tertiary alicyclic amines) is 1. The van der Waals surface area contributed by atoms with Gasteiger partial charge in [0.15, 0.2) is 0 Å². The van der Waals surface area contributed by atoms with Crippen LogP contribution in [-0.4, -0.2) is 37.7 Å². The standard InChI is InChI=1S/C17H26N2O/c1-20-17-6-2-4-14(10-17)12-19-9-3-5-15(13-19)11-18-16-7-8-16/h2,4,6,10,15-16,18H,3,5,7-9,11-13H2,1H3. The minimum Gasteiger partial charge on any atom is -0.497 e. The zero-order chi connectivity index (χ0) is 13.8. The van der Waals surface area contributed by atoms with Crippen molar-refractivity contribution in [3.8, 4) is 5.75 Å². The summed E-state index contributed by atoms with van der Waals surface area (Å²) in [6, 6.07) is 9.30. The fraction of sp³-hybridized carbons (Fsp3) is 0.647. The number of hydrogen-bond acceptors (Lipinski definition) is 3. The van der Waals surface area contributed by atoms with E-state index in [0.29, 0.717) is 0 Å². The Morgan fingerprint density at radius 1 is 1.30 bits per heavy atom. The molecule has 1 aromatic rings. The summed E-state index contributed by atoms with van der Waals surface area (Å²) in [6.45, 7) is 4.73. The second-order valence-electron chi connectivity index (χ2n) is 6.28. The van der Waals surface area contributed by atoms with Crippen LogP contribution in [0.4, 0.5) is 0 Å². The number of methoxy groups -OCH3 is 1. The van der Waals surface area contributed by atoms with Crippen LogP contribution in [0.5, 0.6) is 5.75 Å². The van der Waals surface area contributed by atoms with E-state index in [1.807, 2.05) is 6.07 Å². The van der Waals surface area contributed by atoms with E-state index < -0.39 is 0 Å². The van der Waals surface area contributed by atoms with Crippen molar-refractivity contribution in [2.45, 2.75) is 38.3 Å². The maximum Gasteiger partial charge on any atom is 0.119 e. The molecule has 1 aromatic carbocycles. The molecule has 3 nitrogen and oxygen atoms in total. The minimum absolute atomic E-state index is 0.829. The first-order valence-corrected chi connectivity index (χ1v) is 7.92.